The highest BCUT2D eigenvalue weighted by Crippen LogP contribution is 2.14. The summed E-state index contributed by atoms with van der Waals surface area (Å²) in [6, 6.07) is 0. The zero-order valence-electron chi connectivity index (χ0n) is 6.19. The third kappa shape index (κ3) is 5.96. The summed E-state index contributed by atoms with van der Waals surface area (Å²) in [5.74, 6) is 0.530. The second kappa shape index (κ2) is 2.49. The predicted molar refractivity (Wildman–Crippen MR) is 34.2 cm³/mol. The first-order valence-electron chi connectivity index (χ1n) is 3.12. The van der Waals surface area contributed by atoms with Crippen molar-refractivity contribution in [3.8, 4) is 0 Å². The molecule has 0 aliphatic carbocycles. The van der Waals surface area contributed by atoms with Crippen molar-refractivity contribution in [2.24, 2.45) is 5.92 Å². The lowest BCUT2D eigenvalue weighted by Gasteiger charge is -2.15. The third-order valence-corrected chi connectivity index (χ3v) is 0.900. The van der Waals surface area contributed by atoms with Crippen LogP contribution in [0.5, 0.6) is 0 Å². The molecular formula is C7H15O. The van der Waals surface area contributed by atoms with E-state index in [1.807, 2.05) is 0 Å². The van der Waals surface area contributed by atoms with Crippen molar-refractivity contribution >= 4 is 0 Å². The van der Waals surface area contributed by atoms with Crippen molar-refractivity contribution in [2.75, 3.05) is 0 Å². The Hall–Kier alpha value is -0.0400. The summed E-state index contributed by atoms with van der Waals surface area (Å²) >= 11 is 0. The lowest BCUT2D eigenvalue weighted by Crippen LogP contribution is -2.18. The Morgan fingerprint density at radius 2 is 1.75 bits per heavy atom. The molecule has 0 spiro atoms. The molecule has 0 aliphatic heterocycles. The summed E-state index contributed by atoms with van der Waals surface area (Å²) in [4.78, 5) is 0. The maximum absolute atomic E-state index is 10.9. The van der Waals surface area contributed by atoms with Gasteiger partial charge in [0.2, 0.25) is 0 Å². The largest absolute Gasteiger partial charge is 0.230 e. The number of rotatable bonds is 2. The van der Waals surface area contributed by atoms with Crippen molar-refractivity contribution < 1.29 is 5.11 Å². The fourth-order valence-electron chi connectivity index (χ4n) is 0.983. The van der Waals surface area contributed by atoms with Gasteiger partial charge in [-0.1, -0.05) is 13.8 Å². The van der Waals surface area contributed by atoms with Crippen molar-refractivity contribution in [1.29, 1.82) is 0 Å². The fourth-order valence-corrected chi connectivity index (χ4v) is 0.983. The van der Waals surface area contributed by atoms with E-state index in [0.29, 0.717) is 5.92 Å². The molecule has 0 atom stereocenters. The van der Waals surface area contributed by atoms with Crippen LogP contribution in [-0.4, -0.2) is 5.60 Å². The van der Waals surface area contributed by atoms with Crippen molar-refractivity contribution in [1.82, 2.24) is 0 Å². The van der Waals surface area contributed by atoms with Crippen LogP contribution in [0.4, 0.5) is 0 Å². The molecule has 0 saturated carbocycles. The standard InChI is InChI=1S/C7H15O/c1-6(2)5-7(3,4)8/h6H,5H2,1-4H3. The molecule has 0 heterocycles. The molecule has 0 aromatic carbocycles. The molecule has 0 aromatic rings. The van der Waals surface area contributed by atoms with Crippen molar-refractivity contribution in [2.45, 2.75) is 39.7 Å². The lowest BCUT2D eigenvalue weighted by atomic mass is 9.97. The molecule has 0 fully saturated rings. The van der Waals surface area contributed by atoms with Crippen LogP contribution in [0.25, 0.3) is 0 Å². The highest BCUT2D eigenvalue weighted by Gasteiger charge is 2.15. The zero-order chi connectivity index (χ0) is 6.78. The zero-order valence-corrected chi connectivity index (χ0v) is 6.19. The van der Waals surface area contributed by atoms with E-state index < -0.39 is 5.60 Å². The van der Waals surface area contributed by atoms with E-state index >= 15 is 0 Å². The van der Waals surface area contributed by atoms with Crippen LogP contribution >= 0.6 is 0 Å². The van der Waals surface area contributed by atoms with Crippen molar-refractivity contribution in [3.63, 3.8) is 0 Å². The normalized spacial score (nSPS) is 12.8. The first-order valence-corrected chi connectivity index (χ1v) is 3.12. The van der Waals surface area contributed by atoms with Gasteiger partial charge in [-0.3, -0.25) is 0 Å². The van der Waals surface area contributed by atoms with Gasteiger partial charge < -0.3 is 0 Å². The minimum atomic E-state index is -0.728. The molecule has 0 bridgehead atoms. The van der Waals surface area contributed by atoms with E-state index in [1.165, 1.54) is 0 Å². The van der Waals surface area contributed by atoms with Crippen LogP contribution in [0, 0.1) is 5.92 Å². The van der Waals surface area contributed by atoms with E-state index in [0.717, 1.165) is 6.42 Å². The topological polar surface area (TPSA) is 19.9 Å². The van der Waals surface area contributed by atoms with Crippen LogP contribution in [0.15, 0.2) is 0 Å². The molecular weight excluding hydrogens is 100 g/mol. The number of hydrogen-bond donors (Lipinski definition) is 0. The van der Waals surface area contributed by atoms with E-state index in [1.54, 1.807) is 13.8 Å². The molecule has 0 aromatic heterocycles. The van der Waals surface area contributed by atoms with Gasteiger partial charge in [0.15, 0.2) is 0 Å². The molecule has 0 aliphatic rings. The van der Waals surface area contributed by atoms with E-state index in [-0.39, 0.29) is 0 Å². The lowest BCUT2D eigenvalue weighted by molar-refractivity contribution is -0.0127. The van der Waals surface area contributed by atoms with Gasteiger partial charge in [-0.25, -0.2) is 5.11 Å². The molecule has 0 rings (SSSR count). The van der Waals surface area contributed by atoms with E-state index in [4.69, 9.17) is 0 Å². The molecule has 0 N–H and O–H groups in total. The van der Waals surface area contributed by atoms with Gasteiger partial charge >= 0.3 is 0 Å². The Kier molecular flexibility index (Phi) is 2.48. The van der Waals surface area contributed by atoms with Crippen LogP contribution in [0.3, 0.4) is 0 Å². The summed E-state index contributed by atoms with van der Waals surface area (Å²) in [6.45, 7) is 7.60. The highest BCUT2D eigenvalue weighted by atomic mass is 16.3. The first kappa shape index (κ1) is 7.96. The first-order chi connectivity index (χ1) is 3.42. The van der Waals surface area contributed by atoms with Gasteiger partial charge in [-0.2, -0.15) is 0 Å². The third-order valence-electron chi connectivity index (χ3n) is 0.900. The minimum Gasteiger partial charge on any atom is -0.230 e. The Morgan fingerprint density at radius 1 is 1.38 bits per heavy atom. The predicted octanol–water partition coefficient (Wildman–Crippen LogP) is 2.24. The van der Waals surface area contributed by atoms with Gasteiger partial charge in [0.25, 0.3) is 0 Å². The molecule has 1 radical (unpaired) electrons. The molecule has 1 heteroatoms. The molecule has 8 heavy (non-hydrogen) atoms. The molecule has 1 nitrogen and oxygen atoms in total. The average Bonchev–Trinajstić information content (AvgIpc) is 1.21. The van der Waals surface area contributed by atoms with E-state index in [9.17, 15) is 5.11 Å². The fraction of sp³-hybridized carbons (Fsp3) is 1.00. The second-order valence-corrected chi connectivity index (χ2v) is 3.36. The quantitative estimate of drug-likeness (QED) is 0.526. The Balaban J connectivity index is 3.39. The second-order valence-electron chi connectivity index (χ2n) is 3.36. The van der Waals surface area contributed by atoms with Gasteiger partial charge in [-0.05, 0) is 26.2 Å². The average molecular weight is 115 g/mol. The Labute approximate surface area is 51.7 Å². The summed E-state index contributed by atoms with van der Waals surface area (Å²) in [5.41, 5.74) is -0.728. The summed E-state index contributed by atoms with van der Waals surface area (Å²) < 4.78 is 0. The van der Waals surface area contributed by atoms with Crippen LogP contribution in [0.1, 0.15) is 34.1 Å². The smallest absolute Gasteiger partial charge is 0.0982 e. The summed E-state index contributed by atoms with van der Waals surface area (Å²) in [7, 11) is 0. The van der Waals surface area contributed by atoms with Gasteiger partial charge in [0.1, 0.15) is 0 Å². The van der Waals surface area contributed by atoms with Crippen LogP contribution in [0.2, 0.25) is 0 Å². The Bertz CT molecular complexity index is 59.3. The SMILES string of the molecule is CC(C)CC(C)(C)[O]. The maximum Gasteiger partial charge on any atom is 0.0982 e. The Morgan fingerprint density at radius 3 is 1.75 bits per heavy atom. The molecule has 0 amide bonds. The minimum absolute atomic E-state index is 0.530. The van der Waals surface area contributed by atoms with Gasteiger partial charge in [0, 0.05) is 0 Å². The van der Waals surface area contributed by atoms with Crippen molar-refractivity contribution in [3.05, 3.63) is 0 Å². The summed E-state index contributed by atoms with van der Waals surface area (Å²) in [5, 5.41) is 10.9. The summed E-state index contributed by atoms with van der Waals surface area (Å²) in [6.07, 6.45) is 0.771. The van der Waals surface area contributed by atoms with Gasteiger partial charge in [-0.15, -0.1) is 0 Å². The molecule has 49 valence electrons. The van der Waals surface area contributed by atoms with Crippen LogP contribution < -0.4 is 0 Å². The number of hydrogen-bond acceptors (Lipinski definition) is 0. The monoisotopic (exact) mass is 115 g/mol. The molecule has 0 unspecified atom stereocenters. The maximum atomic E-state index is 10.9. The highest BCUT2D eigenvalue weighted by molar-refractivity contribution is 4.65. The van der Waals surface area contributed by atoms with Gasteiger partial charge in [0.05, 0.1) is 5.60 Å². The molecule has 0 saturated heterocycles. The van der Waals surface area contributed by atoms with Crippen LogP contribution in [-0.2, 0) is 5.11 Å². The van der Waals surface area contributed by atoms with E-state index in [2.05, 4.69) is 13.8 Å².